The first-order valence-corrected chi connectivity index (χ1v) is 9.81. The summed E-state index contributed by atoms with van der Waals surface area (Å²) in [7, 11) is 2.01. The van der Waals surface area contributed by atoms with E-state index in [4.69, 9.17) is 0 Å². The van der Waals surface area contributed by atoms with E-state index in [1.54, 1.807) is 12.4 Å². The molecule has 2 aromatic rings. The van der Waals surface area contributed by atoms with Crippen LogP contribution in [0.15, 0.2) is 18.6 Å². The average Bonchev–Trinajstić information content (AvgIpc) is 2.94. The molecule has 0 N–H and O–H groups in total. The molecular formula is C21H31N5O. The topological polar surface area (TPSA) is 63.9 Å². The Morgan fingerprint density at radius 1 is 1.15 bits per heavy atom. The van der Waals surface area contributed by atoms with Gasteiger partial charge >= 0.3 is 0 Å². The summed E-state index contributed by atoms with van der Waals surface area (Å²) < 4.78 is 2.06. The van der Waals surface area contributed by atoms with E-state index in [-0.39, 0.29) is 11.3 Å². The minimum atomic E-state index is 0.0453. The minimum absolute atomic E-state index is 0.0453. The Balaban J connectivity index is 1.65. The molecule has 1 aliphatic heterocycles. The van der Waals surface area contributed by atoms with Gasteiger partial charge in [-0.05, 0) is 37.5 Å². The van der Waals surface area contributed by atoms with Crippen molar-refractivity contribution in [1.82, 2.24) is 24.4 Å². The molecule has 1 saturated heterocycles. The summed E-state index contributed by atoms with van der Waals surface area (Å²) in [6.07, 6.45) is 8.95. The summed E-state index contributed by atoms with van der Waals surface area (Å²) in [5.41, 5.74) is 3.00. The maximum Gasteiger partial charge on any atom is 0.223 e. The molecule has 1 aliphatic rings. The van der Waals surface area contributed by atoms with Gasteiger partial charge in [0.15, 0.2) is 0 Å². The van der Waals surface area contributed by atoms with Gasteiger partial charge in [0, 0.05) is 39.0 Å². The third-order valence-electron chi connectivity index (χ3n) is 5.37. The summed E-state index contributed by atoms with van der Waals surface area (Å²) in [5, 5.41) is 0. The largest absolute Gasteiger partial charge is 0.343 e. The van der Waals surface area contributed by atoms with E-state index in [1.807, 2.05) is 25.1 Å². The van der Waals surface area contributed by atoms with Gasteiger partial charge in [0.25, 0.3) is 0 Å². The minimum Gasteiger partial charge on any atom is -0.343 e. The molecular weight excluding hydrogens is 338 g/mol. The van der Waals surface area contributed by atoms with E-state index in [2.05, 4.69) is 40.3 Å². The lowest BCUT2D eigenvalue weighted by Crippen LogP contribution is -2.40. The third-order valence-corrected chi connectivity index (χ3v) is 5.37. The van der Waals surface area contributed by atoms with E-state index >= 15 is 0 Å². The lowest BCUT2D eigenvalue weighted by molar-refractivity contribution is -0.134. The predicted molar refractivity (Wildman–Crippen MR) is 106 cm³/mol. The van der Waals surface area contributed by atoms with Crippen LogP contribution in [0.5, 0.6) is 0 Å². The van der Waals surface area contributed by atoms with Crippen LogP contribution in [0.3, 0.4) is 0 Å². The number of rotatable bonds is 4. The molecule has 2 aromatic heterocycles. The fourth-order valence-electron chi connectivity index (χ4n) is 3.68. The summed E-state index contributed by atoms with van der Waals surface area (Å²) >= 11 is 0. The smallest absolute Gasteiger partial charge is 0.223 e. The summed E-state index contributed by atoms with van der Waals surface area (Å²) in [4.78, 5) is 28.1. The normalized spacial score (nSPS) is 16.0. The van der Waals surface area contributed by atoms with Crippen LogP contribution in [0.2, 0.25) is 0 Å². The fourth-order valence-corrected chi connectivity index (χ4v) is 3.68. The molecule has 0 bridgehead atoms. The Hall–Kier alpha value is -2.24. The number of amides is 1. The highest BCUT2D eigenvalue weighted by Gasteiger charge is 2.27. The first-order valence-electron chi connectivity index (χ1n) is 9.81. The molecule has 0 aliphatic carbocycles. The number of likely N-dealkylation sites (tertiary alicyclic amines) is 1. The van der Waals surface area contributed by atoms with Crippen molar-refractivity contribution in [2.75, 3.05) is 13.1 Å². The zero-order chi connectivity index (χ0) is 19.6. The van der Waals surface area contributed by atoms with Crippen molar-refractivity contribution in [1.29, 1.82) is 0 Å². The monoisotopic (exact) mass is 369 g/mol. The summed E-state index contributed by atoms with van der Waals surface area (Å²) in [6.45, 7) is 10.0. The van der Waals surface area contributed by atoms with Gasteiger partial charge in [-0.1, -0.05) is 20.8 Å². The van der Waals surface area contributed by atoms with Crippen molar-refractivity contribution in [3.63, 3.8) is 0 Å². The zero-order valence-electron chi connectivity index (χ0n) is 17.2. The van der Waals surface area contributed by atoms with Crippen LogP contribution in [0.4, 0.5) is 0 Å². The number of carbonyl (C=O) groups excluding carboxylic acids is 1. The van der Waals surface area contributed by atoms with Crippen LogP contribution < -0.4 is 0 Å². The average molecular weight is 370 g/mol. The number of piperidine rings is 1. The zero-order valence-corrected chi connectivity index (χ0v) is 17.2. The molecule has 0 saturated carbocycles. The van der Waals surface area contributed by atoms with Crippen LogP contribution >= 0.6 is 0 Å². The number of hydrogen-bond donors (Lipinski definition) is 0. The van der Waals surface area contributed by atoms with Crippen molar-refractivity contribution in [3.05, 3.63) is 30.1 Å². The molecule has 3 heterocycles. The highest BCUT2D eigenvalue weighted by Crippen LogP contribution is 2.28. The van der Waals surface area contributed by atoms with Gasteiger partial charge in [-0.25, -0.2) is 4.98 Å². The first kappa shape index (κ1) is 19.5. The molecule has 3 rings (SSSR count). The molecule has 0 radical (unpaired) electrons. The second-order valence-electron chi connectivity index (χ2n) is 8.87. The molecule has 1 fully saturated rings. The molecule has 0 aromatic carbocycles. The van der Waals surface area contributed by atoms with E-state index < -0.39 is 0 Å². The van der Waals surface area contributed by atoms with Crippen molar-refractivity contribution in [2.24, 2.45) is 18.4 Å². The van der Waals surface area contributed by atoms with E-state index in [9.17, 15) is 4.79 Å². The Morgan fingerprint density at radius 2 is 1.81 bits per heavy atom. The lowest BCUT2D eigenvalue weighted by Gasteiger charge is -2.33. The number of nitrogens with zero attached hydrogens (tertiary/aromatic N) is 5. The van der Waals surface area contributed by atoms with Crippen LogP contribution in [-0.2, 0) is 18.3 Å². The van der Waals surface area contributed by atoms with Crippen molar-refractivity contribution < 1.29 is 4.79 Å². The van der Waals surface area contributed by atoms with E-state index in [1.165, 1.54) is 0 Å². The van der Waals surface area contributed by atoms with Crippen LogP contribution in [-0.4, -0.2) is 43.4 Å². The summed E-state index contributed by atoms with van der Waals surface area (Å²) in [6, 6.07) is 0. The van der Waals surface area contributed by atoms with E-state index in [0.29, 0.717) is 12.3 Å². The second kappa shape index (κ2) is 7.79. The number of aryl methyl sites for hydroxylation is 1. The van der Waals surface area contributed by atoms with Crippen molar-refractivity contribution in [2.45, 2.75) is 53.4 Å². The number of imidazole rings is 1. The fraction of sp³-hybridized carbons (Fsp3) is 0.619. The van der Waals surface area contributed by atoms with Crippen LogP contribution in [0, 0.1) is 18.3 Å². The molecule has 146 valence electrons. The first-order chi connectivity index (χ1) is 12.7. The maximum absolute atomic E-state index is 12.5. The van der Waals surface area contributed by atoms with Crippen LogP contribution in [0.1, 0.15) is 51.6 Å². The maximum atomic E-state index is 12.5. The van der Waals surface area contributed by atoms with Gasteiger partial charge < -0.3 is 9.47 Å². The van der Waals surface area contributed by atoms with Gasteiger partial charge in [0.05, 0.1) is 17.6 Å². The van der Waals surface area contributed by atoms with Gasteiger partial charge in [0.2, 0.25) is 5.91 Å². The number of carbonyl (C=O) groups is 1. The molecule has 6 heteroatoms. The standard InChI is InChI=1S/C21H31N5O/c1-15-24-14-18(25(15)5)20-17(22-8-9-23-20)12-16-6-10-26(11-7-16)19(27)13-21(2,3)4/h8-9,14,16H,6-7,10-13H2,1-5H3. The number of hydrogen-bond acceptors (Lipinski definition) is 4. The Bertz CT molecular complexity index is 797. The Kier molecular flexibility index (Phi) is 5.63. The SMILES string of the molecule is Cc1ncc(-c2nccnc2CC2CCN(C(=O)CC(C)(C)C)CC2)n1C. The number of aromatic nitrogens is 4. The molecule has 1 amide bonds. The van der Waals surface area contributed by atoms with Crippen molar-refractivity contribution >= 4 is 5.91 Å². The van der Waals surface area contributed by atoms with Gasteiger partial charge in [-0.3, -0.25) is 14.8 Å². The third kappa shape index (κ3) is 4.73. The van der Waals surface area contributed by atoms with Gasteiger partial charge in [-0.2, -0.15) is 0 Å². The summed E-state index contributed by atoms with van der Waals surface area (Å²) in [5.74, 6) is 1.78. The highest BCUT2D eigenvalue weighted by molar-refractivity contribution is 5.76. The quantitative estimate of drug-likeness (QED) is 0.828. The molecule has 0 atom stereocenters. The molecule has 0 spiro atoms. The highest BCUT2D eigenvalue weighted by atomic mass is 16.2. The molecule has 6 nitrogen and oxygen atoms in total. The predicted octanol–water partition coefficient (Wildman–Crippen LogP) is 3.40. The molecule has 27 heavy (non-hydrogen) atoms. The van der Waals surface area contributed by atoms with Gasteiger partial charge in [0.1, 0.15) is 11.5 Å². The Morgan fingerprint density at radius 3 is 2.41 bits per heavy atom. The van der Waals surface area contributed by atoms with Crippen molar-refractivity contribution in [3.8, 4) is 11.4 Å². The van der Waals surface area contributed by atoms with Gasteiger partial charge in [-0.15, -0.1) is 0 Å². The van der Waals surface area contributed by atoms with Crippen LogP contribution in [0.25, 0.3) is 11.4 Å². The second-order valence-corrected chi connectivity index (χ2v) is 8.87. The molecule has 0 unspecified atom stereocenters. The van der Waals surface area contributed by atoms with E-state index in [0.717, 1.165) is 55.3 Å². The Labute approximate surface area is 162 Å². The lowest BCUT2D eigenvalue weighted by atomic mass is 9.88.